The molecule has 0 unspecified atom stereocenters. The van der Waals surface area contributed by atoms with E-state index >= 15 is 0 Å². The van der Waals surface area contributed by atoms with Gasteiger partial charge in [0.1, 0.15) is 5.69 Å². The third kappa shape index (κ3) is 4.63. The fourth-order valence-corrected chi connectivity index (χ4v) is 7.05. The standard InChI is InChI=1S/C23H29N5O3S2/c29-23-20-9-4-3-8-19(20)22(21-10-7-17-32-21)24-28(23)18-25-13-15-27(16-14-25)33(30,31)26-11-5-1-2-6-12-26/h3-4,7-10,17H,1-2,5-6,11-16,18H2. The molecule has 2 saturated heterocycles. The molecular weight excluding hydrogens is 458 g/mol. The first-order valence-electron chi connectivity index (χ1n) is 11.6. The summed E-state index contributed by atoms with van der Waals surface area (Å²) in [6.45, 7) is 3.58. The van der Waals surface area contributed by atoms with E-state index in [1.807, 2.05) is 41.8 Å². The summed E-state index contributed by atoms with van der Waals surface area (Å²) in [5.74, 6) is 0. The van der Waals surface area contributed by atoms with Crippen LogP contribution in [0.5, 0.6) is 0 Å². The number of aromatic nitrogens is 2. The minimum absolute atomic E-state index is 0.120. The van der Waals surface area contributed by atoms with Crippen molar-refractivity contribution in [3.05, 3.63) is 52.1 Å². The normalized spacial score (nSPS) is 19.6. The molecule has 2 aromatic heterocycles. The van der Waals surface area contributed by atoms with Gasteiger partial charge in [0.05, 0.1) is 16.9 Å². The van der Waals surface area contributed by atoms with Crippen molar-refractivity contribution in [3.8, 4) is 10.6 Å². The molecule has 0 saturated carbocycles. The first-order chi connectivity index (χ1) is 16.0. The molecule has 3 aromatic rings. The van der Waals surface area contributed by atoms with Gasteiger partial charge in [-0.15, -0.1) is 11.3 Å². The van der Waals surface area contributed by atoms with E-state index in [1.165, 1.54) is 4.68 Å². The molecule has 0 amide bonds. The molecule has 2 aliphatic rings. The minimum Gasteiger partial charge on any atom is -0.282 e. The van der Waals surface area contributed by atoms with Crippen molar-refractivity contribution in [2.45, 2.75) is 32.4 Å². The van der Waals surface area contributed by atoms with Gasteiger partial charge >= 0.3 is 0 Å². The van der Waals surface area contributed by atoms with Crippen molar-refractivity contribution in [2.24, 2.45) is 0 Å². The molecule has 1 aromatic carbocycles. The van der Waals surface area contributed by atoms with Crippen LogP contribution in [0.3, 0.4) is 0 Å². The van der Waals surface area contributed by atoms with E-state index in [0.29, 0.717) is 51.3 Å². The first kappa shape index (κ1) is 22.7. The zero-order chi connectivity index (χ0) is 22.8. The fraction of sp³-hybridized carbons (Fsp3) is 0.478. The van der Waals surface area contributed by atoms with Crippen molar-refractivity contribution in [1.29, 1.82) is 0 Å². The molecular formula is C23H29N5O3S2. The second-order valence-corrected chi connectivity index (χ2v) is 11.5. The van der Waals surface area contributed by atoms with Gasteiger partial charge in [-0.2, -0.15) is 22.1 Å². The predicted octanol–water partition coefficient (Wildman–Crippen LogP) is 2.82. The molecule has 33 heavy (non-hydrogen) atoms. The lowest BCUT2D eigenvalue weighted by Gasteiger charge is -2.36. The van der Waals surface area contributed by atoms with E-state index < -0.39 is 10.2 Å². The molecule has 2 fully saturated rings. The van der Waals surface area contributed by atoms with Crippen molar-refractivity contribution in [3.63, 3.8) is 0 Å². The molecule has 8 nitrogen and oxygen atoms in total. The molecule has 0 aliphatic carbocycles. The summed E-state index contributed by atoms with van der Waals surface area (Å²) in [5.41, 5.74) is 0.688. The number of rotatable bonds is 5. The number of benzene rings is 1. The molecule has 176 valence electrons. The van der Waals surface area contributed by atoms with Crippen LogP contribution >= 0.6 is 11.3 Å². The quantitative estimate of drug-likeness (QED) is 0.553. The van der Waals surface area contributed by atoms with Gasteiger partial charge in [0.25, 0.3) is 15.8 Å². The number of nitrogens with zero attached hydrogens (tertiary/aromatic N) is 5. The average Bonchev–Trinajstić information content (AvgIpc) is 3.22. The van der Waals surface area contributed by atoms with Gasteiger partial charge in [-0.25, -0.2) is 4.68 Å². The van der Waals surface area contributed by atoms with Crippen molar-refractivity contribution in [2.75, 3.05) is 39.3 Å². The molecule has 4 heterocycles. The average molecular weight is 488 g/mol. The van der Waals surface area contributed by atoms with E-state index in [1.54, 1.807) is 19.9 Å². The van der Waals surface area contributed by atoms with Crippen LogP contribution in [-0.4, -0.2) is 71.0 Å². The number of hydrogen-bond donors (Lipinski definition) is 0. The van der Waals surface area contributed by atoms with Crippen molar-refractivity contribution in [1.82, 2.24) is 23.3 Å². The molecule has 0 bridgehead atoms. The third-order valence-corrected chi connectivity index (χ3v) is 9.42. The Bertz CT molecular complexity index is 1260. The van der Waals surface area contributed by atoms with Crippen LogP contribution < -0.4 is 5.56 Å². The summed E-state index contributed by atoms with van der Waals surface area (Å²) < 4.78 is 31.0. The van der Waals surface area contributed by atoms with Gasteiger partial charge in [-0.1, -0.05) is 37.1 Å². The Labute approximate surface area is 198 Å². The molecule has 10 heteroatoms. The van der Waals surface area contributed by atoms with Crippen LogP contribution in [0.4, 0.5) is 0 Å². The maximum atomic E-state index is 13.2. The van der Waals surface area contributed by atoms with Gasteiger partial charge in [-0.05, 0) is 30.4 Å². The second-order valence-electron chi connectivity index (χ2n) is 8.66. The number of fused-ring (bicyclic) bond motifs is 1. The first-order valence-corrected chi connectivity index (χ1v) is 13.8. The van der Waals surface area contributed by atoms with Gasteiger partial charge in [0.2, 0.25) is 0 Å². The summed E-state index contributed by atoms with van der Waals surface area (Å²) in [6.07, 6.45) is 4.06. The van der Waals surface area contributed by atoms with Gasteiger partial charge in [0, 0.05) is 44.7 Å². The minimum atomic E-state index is -3.42. The zero-order valence-corrected chi connectivity index (χ0v) is 20.2. The lowest BCUT2D eigenvalue weighted by molar-refractivity contribution is 0.139. The van der Waals surface area contributed by atoms with Gasteiger partial charge in [-0.3, -0.25) is 9.69 Å². The van der Waals surface area contributed by atoms with Crippen molar-refractivity contribution >= 4 is 32.3 Å². The summed E-state index contributed by atoms with van der Waals surface area (Å²) in [7, 11) is -3.42. The van der Waals surface area contributed by atoms with E-state index in [2.05, 4.69) is 4.90 Å². The van der Waals surface area contributed by atoms with Crippen LogP contribution in [-0.2, 0) is 16.9 Å². The zero-order valence-electron chi connectivity index (χ0n) is 18.6. The predicted molar refractivity (Wildman–Crippen MR) is 131 cm³/mol. The van der Waals surface area contributed by atoms with E-state index in [9.17, 15) is 13.2 Å². The smallest absolute Gasteiger partial charge is 0.282 e. The van der Waals surface area contributed by atoms with Crippen LogP contribution in [0.15, 0.2) is 46.6 Å². The molecule has 2 aliphatic heterocycles. The highest BCUT2D eigenvalue weighted by molar-refractivity contribution is 7.86. The maximum absolute atomic E-state index is 13.2. The SMILES string of the molecule is O=c1c2ccccc2c(-c2cccs2)nn1CN1CCN(S(=O)(=O)N2CCCCCC2)CC1. The van der Waals surface area contributed by atoms with Crippen LogP contribution in [0, 0.1) is 0 Å². The third-order valence-electron chi connectivity index (χ3n) is 6.51. The highest BCUT2D eigenvalue weighted by Gasteiger charge is 2.32. The lowest BCUT2D eigenvalue weighted by atomic mass is 10.1. The van der Waals surface area contributed by atoms with E-state index in [-0.39, 0.29) is 5.56 Å². The Morgan fingerprint density at radius 2 is 1.48 bits per heavy atom. The van der Waals surface area contributed by atoms with Crippen LogP contribution in [0.25, 0.3) is 21.3 Å². The number of thiophene rings is 1. The molecule has 0 spiro atoms. The molecule has 0 atom stereocenters. The topological polar surface area (TPSA) is 78.8 Å². The summed E-state index contributed by atoms with van der Waals surface area (Å²) in [5, 5.41) is 8.23. The lowest BCUT2D eigenvalue weighted by Crippen LogP contribution is -2.53. The van der Waals surface area contributed by atoms with Crippen molar-refractivity contribution < 1.29 is 8.42 Å². The molecule has 0 radical (unpaired) electrons. The Kier molecular flexibility index (Phi) is 6.62. The Morgan fingerprint density at radius 1 is 0.818 bits per heavy atom. The highest BCUT2D eigenvalue weighted by atomic mass is 32.2. The molecule has 5 rings (SSSR count). The Morgan fingerprint density at radius 3 is 2.15 bits per heavy atom. The Balaban J connectivity index is 1.33. The van der Waals surface area contributed by atoms with Crippen LogP contribution in [0.1, 0.15) is 25.7 Å². The largest absolute Gasteiger partial charge is 0.282 e. The van der Waals surface area contributed by atoms with E-state index in [0.717, 1.165) is 41.6 Å². The number of piperazine rings is 1. The monoisotopic (exact) mass is 487 g/mol. The van der Waals surface area contributed by atoms with Gasteiger partial charge < -0.3 is 0 Å². The van der Waals surface area contributed by atoms with Crippen LogP contribution in [0.2, 0.25) is 0 Å². The summed E-state index contributed by atoms with van der Waals surface area (Å²) >= 11 is 1.60. The second kappa shape index (κ2) is 9.63. The Hall–Kier alpha value is -2.11. The van der Waals surface area contributed by atoms with Gasteiger partial charge in [0.15, 0.2) is 0 Å². The fourth-order valence-electron chi connectivity index (χ4n) is 4.65. The number of hydrogen-bond acceptors (Lipinski definition) is 6. The molecule has 0 N–H and O–H groups in total. The van der Waals surface area contributed by atoms with E-state index in [4.69, 9.17) is 5.10 Å². The summed E-state index contributed by atoms with van der Waals surface area (Å²) in [4.78, 5) is 16.3. The maximum Gasteiger partial charge on any atom is 0.282 e. The highest BCUT2D eigenvalue weighted by Crippen LogP contribution is 2.28. The summed E-state index contributed by atoms with van der Waals surface area (Å²) in [6, 6.07) is 11.6.